The molecule has 9 heavy (non-hydrogen) atoms. The van der Waals surface area contributed by atoms with E-state index in [0.29, 0.717) is 0 Å². The largest absolute Gasteiger partial charge is 0.329 e. The van der Waals surface area contributed by atoms with Crippen molar-refractivity contribution >= 4 is 18.3 Å². The molecule has 0 saturated carbocycles. The molecule has 1 saturated heterocycles. The lowest BCUT2D eigenvalue weighted by atomic mass is 10.3. The third-order valence-corrected chi connectivity index (χ3v) is 3.13. The standard InChI is InChI=1S/C5H11O2PS/c1-8(9)6-4-2-3-5-7-8/h2-5H2,1H3. The summed E-state index contributed by atoms with van der Waals surface area (Å²) in [5.74, 6) is 0. The second-order valence-electron chi connectivity index (χ2n) is 2.14. The van der Waals surface area contributed by atoms with Gasteiger partial charge >= 0.3 is 0 Å². The van der Waals surface area contributed by atoms with E-state index in [1.54, 1.807) is 0 Å². The Morgan fingerprint density at radius 1 is 1.22 bits per heavy atom. The molecule has 1 rings (SSSR count). The van der Waals surface area contributed by atoms with Crippen molar-refractivity contribution in [1.29, 1.82) is 0 Å². The van der Waals surface area contributed by atoms with Gasteiger partial charge in [-0.1, -0.05) is 0 Å². The summed E-state index contributed by atoms with van der Waals surface area (Å²) in [6, 6.07) is 0. The van der Waals surface area contributed by atoms with Crippen molar-refractivity contribution in [3.63, 3.8) is 0 Å². The molecule has 0 aromatic carbocycles. The summed E-state index contributed by atoms with van der Waals surface area (Å²) < 4.78 is 10.6. The molecule has 0 bridgehead atoms. The maximum absolute atomic E-state index is 5.29. The monoisotopic (exact) mass is 166 g/mol. The van der Waals surface area contributed by atoms with Crippen LogP contribution in [0.1, 0.15) is 12.8 Å². The zero-order chi connectivity index (χ0) is 6.74. The van der Waals surface area contributed by atoms with E-state index in [-0.39, 0.29) is 0 Å². The van der Waals surface area contributed by atoms with Crippen molar-refractivity contribution in [3.05, 3.63) is 0 Å². The van der Waals surface area contributed by atoms with Gasteiger partial charge in [-0.15, -0.1) is 0 Å². The highest BCUT2D eigenvalue weighted by molar-refractivity contribution is 8.09. The lowest BCUT2D eigenvalue weighted by Crippen LogP contribution is -1.88. The molecule has 4 heteroatoms. The van der Waals surface area contributed by atoms with Crippen molar-refractivity contribution in [3.8, 4) is 0 Å². The van der Waals surface area contributed by atoms with Crippen LogP contribution >= 0.6 is 6.49 Å². The Morgan fingerprint density at radius 2 is 1.67 bits per heavy atom. The van der Waals surface area contributed by atoms with Gasteiger partial charge in [0.05, 0.1) is 13.2 Å². The highest BCUT2D eigenvalue weighted by atomic mass is 32.5. The van der Waals surface area contributed by atoms with Crippen LogP contribution in [0.3, 0.4) is 0 Å². The molecule has 0 spiro atoms. The number of hydrogen-bond donors (Lipinski definition) is 0. The zero-order valence-corrected chi connectivity index (χ0v) is 7.21. The minimum Gasteiger partial charge on any atom is -0.329 e. The Morgan fingerprint density at radius 3 is 2.11 bits per heavy atom. The summed E-state index contributed by atoms with van der Waals surface area (Å²) in [7, 11) is 0. The molecule has 0 atom stereocenters. The van der Waals surface area contributed by atoms with Gasteiger partial charge in [0, 0.05) is 6.66 Å². The highest BCUT2D eigenvalue weighted by Crippen LogP contribution is 2.45. The van der Waals surface area contributed by atoms with Crippen molar-refractivity contribution in [2.24, 2.45) is 0 Å². The molecule has 0 amide bonds. The van der Waals surface area contributed by atoms with E-state index in [9.17, 15) is 0 Å². The lowest BCUT2D eigenvalue weighted by molar-refractivity contribution is 0.295. The van der Waals surface area contributed by atoms with E-state index in [1.807, 2.05) is 6.66 Å². The smallest absolute Gasteiger partial charge is 0.185 e. The summed E-state index contributed by atoms with van der Waals surface area (Å²) in [6.45, 7) is 1.66. The van der Waals surface area contributed by atoms with Crippen molar-refractivity contribution in [2.75, 3.05) is 19.9 Å². The second kappa shape index (κ2) is 3.11. The molecule has 54 valence electrons. The zero-order valence-electron chi connectivity index (χ0n) is 5.50. The van der Waals surface area contributed by atoms with Gasteiger partial charge in [-0.25, -0.2) is 0 Å². The molecule has 0 aliphatic carbocycles. The molecule has 0 aromatic rings. The average molecular weight is 166 g/mol. The summed E-state index contributed by atoms with van der Waals surface area (Å²) >= 11 is 5.05. The van der Waals surface area contributed by atoms with E-state index in [2.05, 4.69) is 0 Å². The SMILES string of the molecule is CP1(=S)OCCCCO1. The van der Waals surface area contributed by atoms with E-state index in [4.69, 9.17) is 20.9 Å². The molecule has 0 radical (unpaired) electrons. The first kappa shape index (κ1) is 7.67. The fourth-order valence-corrected chi connectivity index (χ4v) is 2.15. The fourth-order valence-electron chi connectivity index (χ4n) is 0.702. The quantitative estimate of drug-likeness (QED) is 0.511. The number of rotatable bonds is 0. The minimum atomic E-state index is -1.80. The Kier molecular flexibility index (Phi) is 2.65. The fraction of sp³-hybridized carbons (Fsp3) is 1.00. The summed E-state index contributed by atoms with van der Waals surface area (Å²) in [6.07, 6.45) is 2.18. The first-order valence-electron chi connectivity index (χ1n) is 3.07. The highest BCUT2D eigenvalue weighted by Gasteiger charge is 2.13. The molecule has 1 fully saturated rings. The van der Waals surface area contributed by atoms with Crippen LogP contribution in [-0.2, 0) is 20.9 Å². The molecule has 1 aliphatic rings. The molecular weight excluding hydrogens is 155 g/mol. The van der Waals surface area contributed by atoms with Gasteiger partial charge in [-0.3, -0.25) is 0 Å². The van der Waals surface area contributed by atoms with Crippen LogP contribution in [0.25, 0.3) is 0 Å². The van der Waals surface area contributed by atoms with Crippen LogP contribution in [-0.4, -0.2) is 19.9 Å². The van der Waals surface area contributed by atoms with Gasteiger partial charge in [0.25, 0.3) is 0 Å². The van der Waals surface area contributed by atoms with Crippen molar-refractivity contribution in [1.82, 2.24) is 0 Å². The first-order chi connectivity index (χ1) is 4.21. The Balaban J connectivity index is 2.45. The van der Waals surface area contributed by atoms with Gasteiger partial charge in [-0.2, -0.15) is 0 Å². The predicted molar refractivity (Wildman–Crippen MR) is 41.3 cm³/mol. The molecule has 2 nitrogen and oxygen atoms in total. The summed E-state index contributed by atoms with van der Waals surface area (Å²) in [5, 5.41) is 0. The topological polar surface area (TPSA) is 18.5 Å². The Hall–Kier alpha value is 0.570. The summed E-state index contributed by atoms with van der Waals surface area (Å²) in [5.41, 5.74) is 0. The van der Waals surface area contributed by atoms with Crippen LogP contribution in [0.4, 0.5) is 0 Å². The minimum absolute atomic E-state index is 0.785. The molecule has 0 aromatic heterocycles. The van der Waals surface area contributed by atoms with Crippen molar-refractivity contribution in [2.45, 2.75) is 12.8 Å². The normalized spacial score (nSPS) is 27.2. The maximum atomic E-state index is 5.29. The van der Waals surface area contributed by atoms with Crippen LogP contribution in [0.15, 0.2) is 0 Å². The van der Waals surface area contributed by atoms with Gasteiger partial charge in [-0.05, 0) is 24.6 Å². The van der Waals surface area contributed by atoms with E-state index >= 15 is 0 Å². The van der Waals surface area contributed by atoms with Crippen LogP contribution < -0.4 is 0 Å². The number of hydrogen-bond acceptors (Lipinski definition) is 3. The van der Waals surface area contributed by atoms with Crippen molar-refractivity contribution < 1.29 is 9.05 Å². The average Bonchev–Trinajstić information content (AvgIpc) is 1.92. The van der Waals surface area contributed by atoms with Gasteiger partial charge in [0.2, 0.25) is 0 Å². The van der Waals surface area contributed by atoms with Gasteiger partial charge in [0.1, 0.15) is 0 Å². The van der Waals surface area contributed by atoms with Crippen LogP contribution in [0.2, 0.25) is 0 Å². The van der Waals surface area contributed by atoms with Gasteiger partial charge < -0.3 is 9.05 Å². The third-order valence-electron chi connectivity index (χ3n) is 1.19. The van der Waals surface area contributed by atoms with Crippen LogP contribution in [0, 0.1) is 0 Å². The molecular formula is C5H11O2PS. The molecule has 1 heterocycles. The van der Waals surface area contributed by atoms with E-state index in [1.165, 1.54) is 0 Å². The first-order valence-corrected chi connectivity index (χ1v) is 6.16. The Bertz CT molecular complexity index is 125. The molecule has 0 N–H and O–H groups in total. The van der Waals surface area contributed by atoms with E-state index < -0.39 is 6.49 Å². The lowest BCUT2D eigenvalue weighted by Gasteiger charge is -2.12. The molecule has 1 aliphatic heterocycles. The molecule has 0 unspecified atom stereocenters. The van der Waals surface area contributed by atoms with E-state index in [0.717, 1.165) is 26.1 Å². The van der Waals surface area contributed by atoms with Gasteiger partial charge in [0.15, 0.2) is 6.49 Å². The predicted octanol–water partition coefficient (Wildman–Crippen LogP) is 1.75. The van der Waals surface area contributed by atoms with Crippen LogP contribution in [0.5, 0.6) is 0 Å². The Labute approximate surface area is 60.7 Å². The third kappa shape index (κ3) is 2.76. The summed E-state index contributed by atoms with van der Waals surface area (Å²) in [4.78, 5) is 0. The maximum Gasteiger partial charge on any atom is 0.185 e. The second-order valence-corrected chi connectivity index (χ2v) is 6.19.